The molecule has 5 heteroatoms. The summed E-state index contributed by atoms with van der Waals surface area (Å²) < 4.78 is 5.88. The summed E-state index contributed by atoms with van der Waals surface area (Å²) in [7, 11) is 0. The lowest BCUT2D eigenvalue weighted by Gasteiger charge is -2.06. The fourth-order valence-corrected chi connectivity index (χ4v) is 1.63. The Morgan fingerprint density at radius 2 is 2.22 bits per heavy atom. The Balaban J connectivity index is 2.30. The van der Waals surface area contributed by atoms with Gasteiger partial charge in [0.15, 0.2) is 0 Å². The van der Waals surface area contributed by atoms with Gasteiger partial charge in [-0.3, -0.25) is 4.79 Å². The molecule has 0 atom stereocenters. The van der Waals surface area contributed by atoms with E-state index in [0.717, 1.165) is 19.4 Å². The second-order valence-electron chi connectivity index (χ2n) is 3.89. The molecule has 0 radical (unpaired) electrons. The van der Waals surface area contributed by atoms with Crippen molar-refractivity contribution < 1.29 is 14.6 Å². The molecule has 18 heavy (non-hydrogen) atoms. The van der Waals surface area contributed by atoms with Crippen molar-refractivity contribution in [2.45, 2.75) is 19.8 Å². The fraction of sp³-hybridized carbons (Fsp3) is 0.462. The second-order valence-corrected chi connectivity index (χ2v) is 4.74. The number of benzene rings is 1. The molecule has 4 nitrogen and oxygen atoms in total. The van der Waals surface area contributed by atoms with Gasteiger partial charge in [0.25, 0.3) is 5.91 Å². The molecule has 0 aliphatic rings. The first kappa shape index (κ1) is 15.0. The second kappa shape index (κ2) is 8.11. The quantitative estimate of drug-likeness (QED) is 0.761. The van der Waals surface area contributed by atoms with Crippen molar-refractivity contribution in [3.05, 3.63) is 28.2 Å². The lowest BCUT2D eigenvalue weighted by Crippen LogP contribution is -2.25. The van der Waals surface area contributed by atoms with Crippen molar-refractivity contribution in [2.24, 2.45) is 0 Å². The summed E-state index contributed by atoms with van der Waals surface area (Å²) >= 11 is 3.17. The summed E-state index contributed by atoms with van der Waals surface area (Å²) in [6, 6.07) is 4.74. The Morgan fingerprint density at radius 1 is 1.44 bits per heavy atom. The molecule has 1 rings (SSSR count). The van der Waals surface area contributed by atoms with Gasteiger partial charge in [0.1, 0.15) is 5.75 Å². The van der Waals surface area contributed by atoms with Gasteiger partial charge in [0.05, 0.1) is 4.47 Å². The maximum absolute atomic E-state index is 11.7. The Morgan fingerprint density at radius 3 is 2.89 bits per heavy atom. The van der Waals surface area contributed by atoms with E-state index in [4.69, 9.17) is 4.74 Å². The third-order valence-electron chi connectivity index (χ3n) is 2.31. The van der Waals surface area contributed by atoms with Crippen molar-refractivity contribution >= 4 is 21.8 Å². The number of halogens is 1. The van der Waals surface area contributed by atoms with Gasteiger partial charge in [-0.25, -0.2) is 0 Å². The van der Waals surface area contributed by atoms with Gasteiger partial charge in [-0.15, -0.1) is 0 Å². The molecule has 0 fully saturated rings. The Kier molecular flexibility index (Phi) is 6.75. The van der Waals surface area contributed by atoms with Crippen LogP contribution in [0.4, 0.5) is 0 Å². The molecule has 1 amide bonds. The lowest BCUT2D eigenvalue weighted by atomic mass is 10.2. The molecule has 0 saturated heterocycles. The highest BCUT2D eigenvalue weighted by Gasteiger charge is 2.07. The van der Waals surface area contributed by atoms with Gasteiger partial charge in [0, 0.05) is 25.3 Å². The van der Waals surface area contributed by atoms with Crippen LogP contribution in [0, 0.1) is 0 Å². The van der Waals surface area contributed by atoms with Gasteiger partial charge in [-0.1, -0.05) is 6.92 Å². The average Bonchev–Trinajstić information content (AvgIpc) is 2.36. The molecule has 0 heterocycles. The van der Waals surface area contributed by atoms with E-state index in [0.29, 0.717) is 23.2 Å². The predicted octanol–water partition coefficient (Wildman–Crippen LogP) is 2.70. The standard InChI is InChI=1S/C13H18BrNO3/c1-2-7-18-8-3-6-15-13(17)10-4-5-11(14)12(16)9-10/h4-5,9,16H,2-3,6-8H2,1H3,(H,15,17). The number of hydrogen-bond acceptors (Lipinski definition) is 3. The predicted molar refractivity (Wildman–Crippen MR) is 73.9 cm³/mol. The normalized spacial score (nSPS) is 10.3. The summed E-state index contributed by atoms with van der Waals surface area (Å²) in [5.41, 5.74) is 0.449. The molecule has 0 aromatic heterocycles. The van der Waals surface area contributed by atoms with Gasteiger partial charge in [-0.2, -0.15) is 0 Å². The van der Waals surface area contributed by atoms with Crippen LogP contribution in [0.2, 0.25) is 0 Å². The first-order valence-corrected chi connectivity index (χ1v) is 6.79. The number of phenolic OH excluding ortho intramolecular Hbond substituents is 1. The van der Waals surface area contributed by atoms with E-state index in [1.54, 1.807) is 12.1 Å². The smallest absolute Gasteiger partial charge is 0.251 e. The van der Waals surface area contributed by atoms with Gasteiger partial charge in [-0.05, 0) is 47.0 Å². The molecule has 0 unspecified atom stereocenters. The van der Waals surface area contributed by atoms with Crippen LogP contribution in [0.1, 0.15) is 30.1 Å². The third kappa shape index (κ3) is 5.06. The van der Waals surface area contributed by atoms with Crippen molar-refractivity contribution in [3.8, 4) is 5.75 Å². The Hall–Kier alpha value is -1.07. The monoisotopic (exact) mass is 315 g/mol. The number of phenols is 1. The molecule has 0 spiro atoms. The summed E-state index contributed by atoms with van der Waals surface area (Å²) in [4.78, 5) is 11.7. The molecule has 0 bridgehead atoms. The maximum Gasteiger partial charge on any atom is 0.251 e. The van der Waals surface area contributed by atoms with Crippen LogP contribution in [0.15, 0.2) is 22.7 Å². The van der Waals surface area contributed by atoms with E-state index in [1.807, 2.05) is 0 Å². The highest BCUT2D eigenvalue weighted by molar-refractivity contribution is 9.10. The highest BCUT2D eigenvalue weighted by Crippen LogP contribution is 2.24. The van der Waals surface area contributed by atoms with E-state index in [1.165, 1.54) is 6.07 Å². The van der Waals surface area contributed by atoms with E-state index < -0.39 is 0 Å². The molecule has 1 aromatic rings. The molecule has 2 N–H and O–H groups in total. The molecule has 1 aromatic carbocycles. The highest BCUT2D eigenvalue weighted by atomic mass is 79.9. The summed E-state index contributed by atoms with van der Waals surface area (Å²) in [5, 5.41) is 12.2. The summed E-state index contributed by atoms with van der Waals surface area (Å²) in [6.45, 7) is 4.04. The molecular weight excluding hydrogens is 298 g/mol. The number of hydrogen-bond donors (Lipinski definition) is 2. The van der Waals surface area contributed by atoms with Crippen molar-refractivity contribution in [1.29, 1.82) is 0 Å². The third-order valence-corrected chi connectivity index (χ3v) is 2.98. The van der Waals surface area contributed by atoms with Gasteiger partial charge in [0.2, 0.25) is 0 Å². The van der Waals surface area contributed by atoms with E-state index in [2.05, 4.69) is 28.2 Å². The zero-order chi connectivity index (χ0) is 13.4. The number of ether oxygens (including phenoxy) is 1. The van der Waals surface area contributed by atoms with E-state index in [-0.39, 0.29) is 11.7 Å². The average molecular weight is 316 g/mol. The minimum absolute atomic E-state index is 0.0638. The number of amides is 1. The van der Waals surface area contributed by atoms with Crippen LogP contribution < -0.4 is 5.32 Å². The molecule has 100 valence electrons. The molecular formula is C13H18BrNO3. The van der Waals surface area contributed by atoms with Crippen molar-refractivity contribution in [3.63, 3.8) is 0 Å². The zero-order valence-corrected chi connectivity index (χ0v) is 12.0. The van der Waals surface area contributed by atoms with E-state index >= 15 is 0 Å². The van der Waals surface area contributed by atoms with Crippen LogP contribution in [0.25, 0.3) is 0 Å². The van der Waals surface area contributed by atoms with Crippen LogP contribution in [0.5, 0.6) is 5.75 Å². The summed E-state index contributed by atoms with van der Waals surface area (Å²) in [6.07, 6.45) is 1.79. The van der Waals surface area contributed by atoms with Crippen molar-refractivity contribution in [2.75, 3.05) is 19.8 Å². The van der Waals surface area contributed by atoms with Gasteiger partial charge < -0.3 is 15.2 Å². The van der Waals surface area contributed by atoms with Crippen LogP contribution in [-0.2, 0) is 4.74 Å². The number of carbonyl (C=O) groups is 1. The van der Waals surface area contributed by atoms with Crippen LogP contribution in [-0.4, -0.2) is 30.8 Å². The largest absolute Gasteiger partial charge is 0.507 e. The summed E-state index contributed by atoms with van der Waals surface area (Å²) in [5.74, 6) is -0.123. The van der Waals surface area contributed by atoms with Crippen molar-refractivity contribution in [1.82, 2.24) is 5.32 Å². The maximum atomic E-state index is 11.7. The fourth-order valence-electron chi connectivity index (χ4n) is 1.38. The Labute approximate surface area is 115 Å². The van der Waals surface area contributed by atoms with Gasteiger partial charge >= 0.3 is 0 Å². The number of nitrogens with one attached hydrogen (secondary N) is 1. The Bertz CT molecular complexity index is 396. The molecule has 0 aliphatic carbocycles. The SMILES string of the molecule is CCCOCCCNC(=O)c1ccc(Br)c(O)c1. The zero-order valence-electron chi connectivity index (χ0n) is 10.4. The molecule has 0 saturated carbocycles. The first-order valence-electron chi connectivity index (χ1n) is 5.99. The number of carbonyl (C=O) groups excluding carboxylic acids is 1. The number of aromatic hydroxyl groups is 1. The minimum atomic E-state index is -0.187. The first-order chi connectivity index (χ1) is 8.65. The minimum Gasteiger partial charge on any atom is -0.507 e. The van der Waals surface area contributed by atoms with Crippen LogP contribution >= 0.6 is 15.9 Å². The van der Waals surface area contributed by atoms with E-state index in [9.17, 15) is 9.90 Å². The topological polar surface area (TPSA) is 58.6 Å². The lowest BCUT2D eigenvalue weighted by molar-refractivity contribution is 0.0941. The molecule has 0 aliphatic heterocycles. The number of rotatable bonds is 7. The van der Waals surface area contributed by atoms with Crippen LogP contribution in [0.3, 0.4) is 0 Å².